The van der Waals surface area contributed by atoms with Crippen molar-refractivity contribution in [3.63, 3.8) is 0 Å². The number of rotatable bonds is 3. The lowest BCUT2D eigenvalue weighted by molar-refractivity contribution is 0.114. The number of piperidine rings is 1. The largest absolute Gasteiger partial charge is 0.311 e. The predicted octanol–water partition coefficient (Wildman–Crippen LogP) is 3.37. The molecule has 2 aliphatic heterocycles. The second kappa shape index (κ2) is 6.93. The smallest absolute Gasteiger partial charge is 0.258 e. The average Bonchev–Trinajstić information content (AvgIpc) is 2.65. The van der Waals surface area contributed by atoms with Gasteiger partial charge in [0, 0.05) is 43.4 Å². The van der Waals surface area contributed by atoms with Crippen LogP contribution in [0.1, 0.15) is 41.6 Å². The maximum atomic E-state index is 12.7. The number of pyridine rings is 1. The molecule has 132 valence electrons. The lowest BCUT2D eigenvalue weighted by atomic mass is 9.82. The standard InChI is InChI=1S/C22H23N3O/c1-2-4-19-7-8-21-20-10-18(14-25(21)22(19)26)13-24(15-20)12-17-6-3-5-16(9-17)11-23/h2-9,18,20H,10,12-15H2,1H3/t18-,20-/m1/s1. The molecule has 1 aromatic heterocycles. The number of nitriles is 1. The van der Waals surface area contributed by atoms with Crippen LogP contribution in [0, 0.1) is 17.2 Å². The summed E-state index contributed by atoms with van der Waals surface area (Å²) in [5, 5.41) is 9.09. The van der Waals surface area contributed by atoms with Gasteiger partial charge in [-0.05, 0) is 49.1 Å². The van der Waals surface area contributed by atoms with Gasteiger partial charge in [0.1, 0.15) is 0 Å². The van der Waals surface area contributed by atoms with E-state index in [1.165, 1.54) is 11.3 Å². The Morgan fingerprint density at radius 1 is 1.23 bits per heavy atom. The molecule has 2 atom stereocenters. The molecule has 1 aromatic carbocycles. The molecule has 0 aliphatic carbocycles. The third-order valence-electron chi connectivity index (χ3n) is 5.52. The maximum Gasteiger partial charge on any atom is 0.258 e. The fourth-order valence-electron chi connectivity index (χ4n) is 4.49. The molecule has 2 bridgehead atoms. The number of aromatic nitrogens is 1. The van der Waals surface area contributed by atoms with Gasteiger partial charge < -0.3 is 4.57 Å². The lowest BCUT2D eigenvalue weighted by Crippen LogP contribution is -2.47. The summed E-state index contributed by atoms with van der Waals surface area (Å²) in [6, 6.07) is 14.2. The van der Waals surface area contributed by atoms with Crippen molar-refractivity contribution in [2.75, 3.05) is 13.1 Å². The second-order valence-corrected chi connectivity index (χ2v) is 7.43. The first-order valence-corrected chi connectivity index (χ1v) is 9.25. The monoisotopic (exact) mass is 345 g/mol. The molecule has 0 radical (unpaired) electrons. The van der Waals surface area contributed by atoms with Crippen LogP contribution >= 0.6 is 0 Å². The van der Waals surface area contributed by atoms with Crippen LogP contribution in [0.2, 0.25) is 0 Å². The number of hydrogen-bond acceptors (Lipinski definition) is 3. The first kappa shape index (κ1) is 16.8. The highest BCUT2D eigenvalue weighted by Gasteiger charge is 2.34. The summed E-state index contributed by atoms with van der Waals surface area (Å²) < 4.78 is 2.00. The Bertz CT molecular complexity index is 951. The Morgan fingerprint density at radius 2 is 2.12 bits per heavy atom. The molecule has 0 N–H and O–H groups in total. The van der Waals surface area contributed by atoms with Gasteiger partial charge in [-0.2, -0.15) is 5.26 Å². The summed E-state index contributed by atoms with van der Waals surface area (Å²) in [6.07, 6.45) is 4.98. The van der Waals surface area contributed by atoms with Gasteiger partial charge in [-0.3, -0.25) is 9.69 Å². The SMILES string of the molecule is CC=Cc1ccc2n(c1=O)C[C@@H]1C[C@@H]2CN(Cc2cccc(C#N)c2)C1. The highest BCUT2D eigenvalue weighted by atomic mass is 16.1. The molecule has 0 amide bonds. The third kappa shape index (κ3) is 3.11. The Balaban J connectivity index is 1.58. The average molecular weight is 345 g/mol. The highest BCUT2D eigenvalue weighted by molar-refractivity contribution is 5.48. The summed E-state index contributed by atoms with van der Waals surface area (Å²) in [4.78, 5) is 15.2. The van der Waals surface area contributed by atoms with Crippen LogP contribution in [0.3, 0.4) is 0 Å². The minimum atomic E-state index is 0.144. The number of fused-ring (bicyclic) bond motifs is 4. The Labute approximate surface area is 154 Å². The van der Waals surface area contributed by atoms with Gasteiger partial charge in [0.15, 0.2) is 0 Å². The van der Waals surface area contributed by atoms with E-state index >= 15 is 0 Å². The topological polar surface area (TPSA) is 49.0 Å². The summed E-state index contributed by atoms with van der Waals surface area (Å²) >= 11 is 0. The molecule has 0 unspecified atom stereocenters. The minimum absolute atomic E-state index is 0.144. The highest BCUT2D eigenvalue weighted by Crippen LogP contribution is 2.35. The molecule has 4 nitrogen and oxygen atoms in total. The zero-order chi connectivity index (χ0) is 18.1. The quantitative estimate of drug-likeness (QED) is 0.857. The van der Waals surface area contributed by atoms with Crippen molar-refractivity contribution in [3.05, 3.63) is 75.2 Å². The summed E-state index contributed by atoms with van der Waals surface area (Å²) in [6.45, 7) is 5.59. The maximum absolute atomic E-state index is 12.7. The zero-order valence-corrected chi connectivity index (χ0v) is 15.1. The van der Waals surface area contributed by atoms with Gasteiger partial charge in [0.25, 0.3) is 5.56 Å². The third-order valence-corrected chi connectivity index (χ3v) is 5.52. The van der Waals surface area contributed by atoms with Crippen LogP contribution in [0.4, 0.5) is 0 Å². The van der Waals surface area contributed by atoms with Crippen molar-refractivity contribution in [3.8, 4) is 6.07 Å². The van der Waals surface area contributed by atoms with Crippen molar-refractivity contribution in [1.29, 1.82) is 5.26 Å². The molecule has 3 heterocycles. The van der Waals surface area contributed by atoms with Gasteiger partial charge in [0.2, 0.25) is 0 Å². The van der Waals surface area contributed by atoms with E-state index in [1.54, 1.807) is 0 Å². The Kier molecular flexibility index (Phi) is 4.48. The number of likely N-dealkylation sites (tertiary alicyclic amines) is 1. The van der Waals surface area contributed by atoms with Crippen molar-refractivity contribution >= 4 is 6.08 Å². The summed E-state index contributed by atoms with van der Waals surface area (Å²) in [5.41, 5.74) is 4.00. The van der Waals surface area contributed by atoms with E-state index in [-0.39, 0.29) is 5.56 Å². The van der Waals surface area contributed by atoms with E-state index in [0.29, 0.717) is 17.4 Å². The van der Waals surface area contributed by atoms with Crippen molar-refractivity contribution in [2.45, 2.75) is 32.4 Å². The van der Waals surface area contributed by atoms with Gasteiger partial charge in [-0.1, -0.05) is 24.3 Å². The lowest BCUT2D eigenvalue weighted by Gasteiger charge is -2.43. The molecular weight excluding hydrogens is 322 g/mol. The van der Waals surface area contributed by atoms with Gasteiger partial charge >= 0.3 is 0 Å². The predicted molar refractivity (Wildman–Crippen MR) is 103 cm³/mol. The normalized spacial score (nSPS) is 22.2. The molecular formula is C22H23N3O. The van der Waals surface area contributed by atoms with E-state index in [4.69, 9.17) is 5.26 Å². The van der Waals surface area contributed by atoms with Crippen molar-refractivity contribution < 1.29 is 0 Å². The number of allylic oxidation sites excluding steroid dienone is 1. The van der Waals surface area contributed by atoms with E-state index in [0.717, 1.165) is 38.2 Å². The van der Waals surface area contributed by atoms with Crippen LogP contribution in [0.5, 0.6) is 0 Å². The van der Waals surface area contributed by atoms with Gasteiger partial charge in [-0.15, -0.1) is 0 Å². The van der Waals surface area contributed by atoms with Crippen LogP contribution in [-0.2, 0) is 13.1 Å². The van der Waals surface area contributed by atoms with Crippen LogP contribution in [0.15, 0.2) is 47.3 Å². The molecule has 4 rings (SSSR count). The summed E-state index contributed by atoms with van der Waals surface area (Å²) in [7, 11) is 0. The van der Waals surface area contributed by atoms with Crippen LogP contribution in [0.25, 0.3) is 6.08 Å². The number of nitrogens with zero attached hydrogens (tertiary/aromatic N) is 3. The zero-order valence-electron chi connectivity index (χ0n) is 15.1. The van der Waals surface area contributed by atoms with Gasteiger partial charge in [0.05, 0.1) is 11.6 Å². The Hall–Kier alpha value is -2.64. The number of benzene rings is 1. The number of hydrogen-bond donors (Lipinski definition) is 0. The summed E-state index contributed by atoms with van der Waals surface area (Å²) in [5.74, 6) is 0.924. The fraction of sp³-hybridized carbons (Fsp3) is 0.364. The van der Waals surface area contributed by atoms with E-state index in [2.05, 4.69) is 23.1 Å². The first-order chi connectivity index (χ1) is 12.7. The molecule has 2 aliphatic rings. The van der Waals surface area contributed by atoms with Crippen molar-refractivity contribution in [2.24, 2.45) is 5.92 Å². The first-order valence-electron chi connectivity index (χ1n) is 9.25. The molecule has 0 spiro atoms. The molecule has 26 heavy (non-hydrogen) atoms. The van der Waals surface area contributed by atoms with E-state index in [9.17, 15) is 4.79 Å². The minimum Gasteiger partial charge on any atom is -0.311 e. The van der Waals surface area contributed by atoms with Crippen molar-refractivity contribution in [1.82, 2.24) is 9.47 Å². The Morgan fingerprint density at radius 3 is 2.92 bits per heavy atom. The van der Waals surface area contributed by atoms with Crippen LogP contribution in [-0.4, -0.2) is 22.6 Å². The molecule has 1 fully saturated rings. The molecule has 4 heteroatoms. The molecule has 0 saturated carbocycles. The van der Waals surface area contributed by atoms with E-state index in [1.807, 2.05) is 47.9 Å². The second-order valence-electron chi connectivity index (χ2n) is 7.43. The van der Waals surface area contributed by atoms with Gasteiger partial charge in [-0.25, -0.2) is 0 Å². The van der Waals surface area contributed by atoms with Crippen LogP contribution < -0.4 is 5.56 Å². The molecule has 2 aromatic rings. The molecule has 1 saturated heterocycles. The van der Waals surface area contributed by atoms with E-state index < -0.39 is 0 Å². The fourth-order valence-corrected chi connectivity index (χ4v) is 4.49.